The van der Waals surface area contributed by atoms with Crippen molar-refractivity contribution < 1.29 is 9.90 Å². The second kappa shape index (κ2) is 5.54. The fourth-order valence-corrected chi connectivity index (χ4v) is 2.19. The first kappa shape index (κ1) is 12.4. The number of para-hydroxylation sites is 1. The lowest BCUT2D eigenvalue weighted by Crippen LogP contribution is -2.29. The van der Waals surface area contributed by atoms with Gasteiger partial charge in [0.15, 0.2) is 0 Å². The zero-order valence-electron chi connectivity index (χ0n) is 10.5. The molecule has 1 heterocycles. The van der Waals surface area contributed by atoms with Crippen LogP contribution >= 0.6 is 0 Å². The van der Waals surface area contributed by atoms with Crippen LogP contribution in [0.15, 0.2) is 42.0 Å². The fourth-order valence-electron chi connectivity index (χ4n) is 2.19. The number of hydrogen-bond donors (Lipinski definition) is 1. The first-order valence-electron chi connectivity index (χ1n) is 6.07. The molecule has 0 spiro atoms. The van der Waals surface area contributed by atoms with Crippen LogP contribution in [0.25, 0.3) is 6.08 Å². The summed E-state index contributed by atoms with van der Waals surface area (Å²) in [6.45, 7) is 4.02. The van der Waals surface area contributed by atoms with E-state index < -0.39 is 5.97 Å². The van der Waals surface area contributed by atoms with Gasteiger partial charge in [0, 0.05) is 24.9 Å². The highest BCUT2D eigenvalue weighted by Gasteiger charge is 2.12. The number of carboxylic acid groups (broad SMARTS) is 1. The van der Waals surface area contributed by atoms with Crippen molar-refractivity contribution in [1.82, 2.24) is 0 Å². The Labute approximate surface area is 107 Å². The molecule has 3 nitrogen and oxygen atoms in total. The van der Waals surface area contributed by atoms with E-state index in [-0.39, 0.29) is 0 Å². The Hall–Kier alpha value is -2.03. The number of anilines is 1. The summed E-state index contributed by atoms with van der Waals surface area (Å²) in [6, 6.07) is 7.90. The summed E-state index contributed by atoms with van der Waals surface area (Å²) in [6.07, 6.45) is 6.14. The normalized spacial score (nSPS) is 15.8. The van der Waals surface area contributed by atoms with Gasteiger partial charge in [-0.15, -0.1) is 0 Å². The minimum absolute atomic E-state index is 0.915. The van der Waals surface area contributed by atoms with E-state index in [1.165, 1.54) is 11.6 Å². The lowest BCUT2D eigenvalue weighted by molar-refractivity contribution is -0.131. The maximum atomic E-state index is 10.6. The van der Waals surface area contributed by atoms with Crippen molar-refractivity contribution >= 4 is 17.7 Å². The topological polar surface area (TPSA) is 40.5 Å². The largest absolute Gasteiger partial charge is 0.478 e. The van der Waals surface area contributed by atoms with Crippen molar-refractivity contribution in [2.24, 2.45) is 0 Å². The zero-order chi connectivity index (χ0) is 13.0. The summed E-state index contributed by atoms with van der Waals surface area (Å²) in [5.74, 6) is -0.917. The van der Waals surface area contributed by atoms with Gasteiger partial charge in [0.25, 0.3) is 0 Å². The van der Waals surface area contributed by atoms with E-state index in [1.807, 2.05) is 24.3 Å². The van der Waals surface area contributed by atoms with Gasteiger partial charge in [-0.05, 0) is 31.1 Å². The smallest absolute Gasteiger partial charge is 0.328 e. The van der Waals surface area contributed by atoms with Crippen LogP contribution in [0.3, 0.4) is 0 Å². The maximum absolute atomic E-state index is 10.6. The van der Waals surface area contributed by atoms with Gasteiger partial charge in [0.2, 0.25) is 0 Å². The van der Waals surface area contributed by atoms with Crippen LogP contribution in [-0.4, -0.2) is 24.2 Å². The molecule has 18 heavy (non-hydrogen) atoms. The molecule has 0 unspecified atom stereocenters. The molecule has 0 radical (unpaired) electrons. The van der Waals surface area contributed by atoms with Crippen molar-refractivity contribution in [2.75, 3.05) is 18.0 Å². The molecule has 0 amide bonds. The monoisotopic (exact) mass is 243 g/mol. The highest BCUT2D eigenvalue weighted by molar-refractivity contribution is 5.87. The number of nitrogens with zero attached hydrogens (tertiary/aromatic N) is 1. The first-order chi connectivity index (χ1) is 8.66. The van der Waals surface area contributed by atoms with Crippen LogP contribution in [0.1, 0.15) is 18.9 Å². The second-order valence-electron chi connectivity index (χ2n) is 4.49. The third-order valence-corrected chi connectivity index (χ3v) is 3.01. The highest BCUT2D eigenvalue weighted by Crippen LogP contribution is 2.24. The van der Waals surface area contributed by atoms with Crippen LogP contribution in [0.5, 0.6) is 0 Å². The lowest BCUT2D eigenvalue weighted by atomic mass is 10.1. The molecule has 1 aromatic rings. The van der Waals surface area contributed by atoms with E-state index >= 15 is 0 Å². The molecule has 0 saturated carbocycles. The van der Waals surface area contributed by atoms with Crippen LogP contribution in [0, 0.1) is 0 Å². The van der Waals surface area contributed by atoms with E-state index in [2.05, 4.69) is 17.9 Å². The van der Waals surface area contributed by atoms with Crippen molar-refractivity contribution in [3.63, 3.8) is 0 Å². The third-order valence-electron chi connectivity index (χ3n) is 3.01. The van der Waals surface area contributed by atoms with E-state index in [9.17, 15) is 4.79 Å². The van der Waals surface area contributed by atoms with Gasteiger partial charge in [-0.25, -0.2) is 4.79 Å². The van der Waals surface area contributed by atoms with Crippen molar-refractivity contribution in [3.8, 4) is 0 Å². The summed E-state index contributed by atoms with van der Waals surface area (Å²) in [7, 11) is 0. The Morgan fingerprint density at radius 3 is 2.89 bits per heavy atom. The molecule has 0 aliphatic carbocycles. The molecule has 0 saturated heterocycles. The molecule has 1 aliphatic heterocycles. The van der Waals surface area contributed by atoms with Gasteiger partial charge >= 0.3 is 5.97 Å². The molecule has 2 rings (SSSR count). The predicted octanol–water partition coefficient (Wildman–Crippen LogP) is 2.94. The Balaban J connectivity index is 2.27. The maximum Gasteiger partial charge on any atom is 0.328 e. The molecule has 0 fully saturated rings. The molecular formula is C15H17NO2. The van der Waals surface area contributed by atoms with Crippen molar-refractivity contribution in [2.45, 2.75) is 13.3 Å². The highest BCUT2D eigenvalue weighted by atomic mass is 16.4. The van der Waals surface area contributed by atoms with Crippen LogP contribution in [-0.2, 0) is 4.79 Å². The van der Waals surface area contributed by atoms with Crippen molar-refractivity contribution in [1.29, 1.82) is 0 Å². The van der Waals surface area contributed by atoms with E-state index in [1.54, 1.807) is 6.08 Å². The predicted molar refractivity (Wildman–Crippen MR) is 73.7 cm³/mol. The molecular weight excluding hydrogens is 226 g/mol. The zero-order valence-corrected chi connectivity index (χ0v) is 10.5. The molecule has 0 bridgehead atoms. The van der Waals surface area contributed by atoms with Gasteiger partial charge in [-0.2, -0.15) is 0 Å². The quantitative estimate of drug-likeness (QED) is 0.655. The SMILES string of the molecule is CC1=CCCN(c2ccccc2/C=C/C(=O)O)C1. The number of carboxylic acids is 1. The minimum atomic E-state index is -0.917. The number of carbonyl (C=O) groups is 1. The molecule has 1 aliphatic rings. The van der Waals surface area contributed by atoms with E-state index in [4.69, 9.17) is 5.11 Å². The number of hydrogen-bond acceptors (Lipinski definition) is 2. The summed E-state index contributed by atoms with van der Waals surface area (Å²) in [5, 5.41) is 8.71. The molecule has 3 heteroatoms. The van der Waals surface area contributed by atoms with E-state index in [0.29, 0.717) is 0 Å². The summed E-state index contributed by atoms with van der Waals surface area (Å²) in [4.78, 5) is 12.9. The molecule has 1 aromatic carbocycles. The Morgan fingerprint density at radius 2 is 2.17 bits per heavy atom. The number of aliphatic carboxylic acids is 1. The molecule has 0 atom stereocenters. The lowest BCUT2D eigenvalue weighted by Gasteiger charge is -2.29. The summed E-state index contributed by atoms with van der Waals surface area (Å²) in [5.41, 5.74) is 3.41. The van der Waals surface area contributed by atoms with Crippen LogP contribution in [0.4, 0.5) is 5.69 Å². The average Bonchev–Trinajstić information content (AvgIpc) is 2.36. The molecule has 1 N–H and O–H groups in total. The van der Waals surface area contributed by atoms with E-state index in [0.717, 1.165) is 30.8 Å². The minimum Gasteiger partial charge on any atom is -0.478 e. The molecule has 94 valence electrons. The molecule has 0 aromatic heterocycles. The number of benzene rings is 1. The number of rotatable bonds is 3. The van der Waals surface area contributed by atoms with Gasteiger partial charge in [0.1, 0.15) is 0 Å². The van der Waals surface area contributed by atoms with Gasteiger partial charge in [-0.3, -0.25) is 0 Å². The van der Waals surface area contributed by atoms with Crippen molar-refractivity contribution in [3.05, 3.63) is 47.6 Å². The van der Waals surface area contributed by atoms with Gasteiger partial charge in [-0.1, -0.05) is 29.8 Å². The Kier molecular flexibility index (Phi) is 3.82. The average molecular weight is 243 g/mol. The first-order valence-corrected chi connectivity index (χ1v) is 6.07. The van der Waals surface area contributed by atoms with Crippen LogP contribution in [0.2, 0.25) is 0 Å². The Morgan fingerprint density at radius 1 is 1.39 bits per heavy atom. The summed E-state index contributed by atoms with van der Waals surface area (Å²) < 4.78 is 0. The Bertz CT molecular complexity index is 503. The van der Waals surface area contributed by atoms with Gasteiger partial charge in [0.05, 0.1) is 0 Å². The summed E-state index contributed by atoms with van der Waals surface area (Å²) >= 11 is 0. The van der Waals surface area contributed by atoms with Gasteiger partial charge < -0.3 is 10.0 Å². The third kappa shape index (κ3) is 3.00. The fraction of sp³-hybridized carbons (Fsp3) is 0.267. The standard InChI is InChI=1S/C15H17NO2/c1-12-5-4-10-16(11-12)14-7-3-2-6-13(14)8-9-15(17)18/h2-3,5-9H,4,10-11H2,1H3,(H,17,18)/b9-8+. The second-order valence-corrected chi connectivity index (χ2v) is 4.49. The van der Waals surface area contributed by atoms with Crippen LogP contribution < -0.4 is 4.90 Å².